The second kappa shape index (κ2) is 9.41. The molecule has 0 radical (unpaired) electrons. The summed E-state index contributed by atoms with van der Waals surface area (Å²) < 4.78 is 32.5. The van der Waals surface area contributed by atoms with Crippen molar-refractivity contribution >= 4 is 21.7 Å². The van der Waals surface area contributed by atoms with Crippen molar-refractivity contribution in [2.75, 3.05) is 31.1 Å². The maximum absolute atomic E-state index is 12.7. The third-order valence-electron chi connectivity index (χ3n) is 5.23. The minimum atomic E-state index is -3.57. The standard InChI is InChI=1S/C22H28N2O4S/c1-3-23(4-2)21-13-6-5-10-19(21)17-28-22(25)18-11-9-12-20(16-18)29(26,27)24-14-7-8-15-24/h5-6,9-13,16H,3-4,7-8,14-15,17H2,1-2H3. The number of para-hydroxylation sites is 1. The predicted molar refractivity (Wildman–Crippen MR) is 114 cm³/mol. The Morgan fingerprint density at radius 2 is 1.72 bits per heavy atom. The number of carbonyl (C=O) groups excluding carboxylic acids is 1. The van der Waals surface area contributed by atoms with E-state index >= 15 is 0 Å². The van der Waals surface area contributed by atoms with Gasteiger partial charge in [0.2, 0.25) is 10.0 Å². The fourth-order valence-electron chi connectivity index (χ4n) is 3.59. The van der Waals surface area contributed by atoms with Crippen LogP contribution in [0.2, 0.25) is 0 Å². The first kappa shape index (κ1) is 21.3. The summed E-state index contributed by atoms with van der Waals surface area (Å²) in [6.07, 6.45) is 1.74. The highest BCUT2D eigenvalue weighted by Crippen LogP contribution is 2.23. The van der Waals surface area contributed by atoms with Gasteiger partial charge in [0.15, 0.2) is 0 Å². The summed E-state index contributed by atoms with van der Waals surface area (Å²) in [5.74, 6) is -0.530. The van der Waals surface area contributed by atoms with Crippen LogP contribution in [0.5, 0.6) is 0 Å². The van der Waals surface area contributed by atoms with Gasteiger partial charge in [0, 0.05) is 37.4 Å². The number of sulfonamides is 1. The van der Waals surface area contributed by atoms with Gasteiger partial charge in [-0.3, -0.25) is 0 Å². The molecule has 6 nitrogen and oxygen atoms in total. The van der Waals surface area contributed by atoms with Crippen molar-refractivity contribution in [2.24, 2.45) is 0 Å². The molecule has 1 saturated heterocycles. The number of benzene rings is 2. The second-order valence-corrected chi connectivity index (χ2v) is 8.95. The third-order valence-corrected chi connectivity index (χ3v) is 7.12. The zero-order chi connectivity index (χ0) is 20.9. The molecule has 0 aromatic heterocycles. The van der Waals surface area contributed by atoms with E-state index in [1.54, 1.807) is 12.1 Å². The molecule has 3 rings (SSSR count). The number of carbonyl (C=O) groups is 1. The maximum Gasteiger partial charge on any atom is 0.338 e. The van der Waals surface area contributed by atoms with Crippen LogP contribution in [0.1, 0.15) is 42.6 Å². The van der Waals surface area contributed by atoms with Gasteiger partial charge < -0.3 is 9.64 Å². The van der Waals surface area contributed by atoms with Crippen LogP contribution in [0.25, 0.3) is 0 Å². The van der Waals surface area contributed by atoms with E-state index in [1.807, 2.05) is 24.3 Å². The number of nitrogens with zero attached hydrogens (tertiary/aromatic N) is 2. The van der Waals surface area contributed by atoms with E-state index in [9.17, 15) is 13.2 Å². The van der Waals surface area contributed by atoms with Crippen molar-refractivity contribution in [3.05, 3.63) is 59.7 Å². The number of anilines is 1. The molecule has 0 aliphatic carbocycles. The van der Waals surface area contributed by atoms with Gasteiger partial charge in [-0.25, -0.2) is 13.2 Å². The monoisotopic (exact) mass is 416 g/mol. The van der Waals surface area contributed by atoms with Gasteiger partial charge >= 0.3 is 5.97 Å². The van der Waals surface area contributed by atoms with E-state index < -0.39 is 16.0 Å². The van der Waals surface area contributed by atoms with Crippen LogP contribution >= 0.6 is 0 Å². The zero-order valence-corrected chi connectivity index (χ0v) is 17.8. The van der Waals surface area contributed by atoms with Gasteiger partial charge in [-0.05, 0) is 51.0 Å². The highest BCUT2D eigenvalue weighted by molar-refractivity contribution is 7.89. The first-order valence-electron chi connectivity index (χ1n) is 10.1. The molecule has 0 unspecified atom stereocenters. The molecule has 2 aromatic carbocycles. The molecule has 1 aliphatic heterocycles. The third kappa shape index (κ3) is 4.79. The molecular weight excluding hydrogens is 388 g/mol. The van der Waals surface area contributed by atoms with E-state index in [1.165, 1.54) is 16.4 Å². The molecule has 0 amide bonds. The first-order chi connectivity index (χ1) is 14.0. The minimum absolute atomic E-state index is 0.134. The van der Waals surface area contributed by atoms with E-state index in [4.69, 9.17) is 4.74 Å². The number of esters is 1. The summed E-state index contributed by atoms with van der Waals surface area (Å²) in [5.41, 5.74) is 2.20. The zero-order valence-electron chi connectivity index (χ0n) is 17.0. The van der Waals surface area contributed by atoms with Gasteiger partial charge in [-0.15, -0.1) is 0 Å². The summed E-state index contributed by atoms with van der Waals surface area (Å²) >= 11 is 0. The smallest absolute Gasteiger partial charge is 0.338 e. The highest BCUT2D eigenvalue weighted by atomic mass is 32.2. The topological polar surface area (TPSA) is 66.9 Å². The molecule has 1 heterocycles. The molecule has 0 spiro atoms. The molecule has 1 fully saturated rings. The largest absolute Gasteiger partial charge is 0.457 e. The summed E-state index contributed by atoms with van der Waals surface area (Å²) in [6.45, 7) is 7.07. The lowest BCUT2D eigenvalue weighted by Gasteiger charge is -2.24. The SMILES string of the molecule is CCN(CC)c1ccccc1COC(=O)c1cccc(S(=O)(=O)N2CCCC2)c1. The molecule has 0 atom stereocenters. The van der Waals surface area contributed by atoms with Gasteiger partial charge in [-0.2, -0.15) is 4.31 Å². The molecule has 156 valence electrons. The first-order valence-corrected chi connectivity index (χ1v) is 11.5. The lowest BCUT2D eigenvalue weighted by molar-refractivity contribution is 0.0473. The van der Waals surface area contributed by atoms with E-state index in [2.05, 4.69) is 18.7 Å². The van der Waals surface area contributed by atoms with E-state index in [0.29, 0.717) is 13.1 Å². The average molecular weight is 417 g/mol. The second-order valence-electron chi connectivity index (χ2n) is 7.02. The Labute approximate surface area is 173 Å². The van der Waals surface area contributed by atoms with Crippen LogP contribution in [-0.4, -0.2) is 44.9 Å². The van der Waals surface area contributed by atoms with Crippen LogP contribution in [0.4, 0.5) is 5.69 Å². The number of ether oxygens (including phenoxy) is 1. The summed E-state index contributed by atoms with van der Waals surface area (Å²) in [7, 11) is -3.57. The van der Waals surface area contributed by atoms with Crippen LogP contribution in [-0.2, 0) is 21.4 Å². The van der Waals surface area contributed by atoms with Crippen molar-refractivity contribution in [3.8, 4) is 0 Å². The van der Waals surface area contributed by atoms with Crippen molar-refractivity contribution in [1.29, 1.82) is 0 Å². The van der Waals surface area contributed by atoms with Gasteiger partial charge in [0.05, 0.1) is 10.5 Å². The lowest BCUT2D eigenvalue weighted by atomic mass is 10.1. The van der Waals surface area contributed by atoms with E-state index in [-0.39, 0.29) is 17.1 Å². The summed E-state index contributed by atoms with van der Waals surface area (Å²) in [4.78, 5) is 14.9. The number of rotatable bonds is 8. The molecule has 0 N–H and O–H groups in total. The van der Waals surface area contributed by atoms with Crippen LogP contribution in [0, 0.1) is 0 Å². The molecule has 2 aromatic rings. The Morgan fingerprint density at radius 3 is 2.41 bits per heavy atom. The normalized spacial score (nSPS) is 14.7. The van der Waals surface area contributed by atoms with E-state index in [0.717, 1.165) is 37.2 Å². The Kier molecular flexibility index (Phi) is 6.92. The minimum Gasteiger partial charge on any atom is -0.457 e. The molecule has 0 bridgehead atoms. The highest BCUT2D eigenvalue weighted by Gasteiger charge is 2.27. The molecule has 1 aliphatic rings. The molecule has 7 heteroatoms. The molecule has 29 heavy (non-hydrogen) atoms. The average Bonchev–Trinajstić information content (AvgIpc) is 3.30. The summed E-state index contributed by atoms with van der Waals surface area (Å²) in [6, 6.07) is 13.9. The number of hydrogen-bond donors (Lipinski definition) is 0. The molecule has 0 saturated carbocycles. The van der Waals surface area contributed by atoms with Crippen molar-refractivity contribution in [2.45, 2.75) is 38.2 Å². The predicted octanol–water partition coefficient (Wildman–Crippen LogP) is 3.67. The van der Waals surface area contributed by atoms with Gasteiger partial charge in [0.1, 0.15) is 6.61 Å². The Balaban J connectivity index is 1.74. The fourth-order valence-corrected chi connectivity index (χ4v) is 5.16. The molecular formula is C22H28N2O4S. The number of hydrogen-bond acceptors (Lipinski definition) is 5. The quantitative estimate of drug-likeness (QED) is 0.614. The van der Waals surface area contributed by atoms with Gasteiger partial charge in [0.25, 0.3) is 0 Å². The van der Waals surface area contributed by atoms with Crippen LogP contribution in [0.3, 0.4) is 0 Å². The van der Waals surface area contributed by atoms with Crippen molar-refractivity contribution in [1.82, 2.24) is 4.31 Å². The lowest BCUT2D eigenvalue weighted by Crippen LogP contribution is -2.28. The maximum atomic E-state index is 12.7. The Bertz CT molecular complexity index is 949. The van der Waals surface area contributed by atoms with Crippen LogP contribution in [0.15, 0.2) is 53.4 Å². The fraction of sp³-hybridized carbons (Fsp3) is 0.409. The Hall–Kier alpha value is -2.38. The van der Waals surface area contributed by atoms with Crippen molar-refractivity contribution in [3.63, 3.8) is 0 Å². The Morgan fingerprint density at radius 1 is 1.03 bits per heavy atom. The van der Waals surface area contributed by atoms with Crippen molar-refractivity contribution < 1.29 is 17.9 Å². The van der Waals surface area contributed by atoms with Gasteiger partial charge in [-0.1, -0.05) is 24.3 Å². The summed E-state index contributed by atoms with van der Waals surface area (Å²) in [5, 5.41) is 0. The van der Waals surface area contributed by atoms with Crippen LogP contribution < -0.4 is 4.90 Å².